The summed E-state index contributed by atoms with van der Waals surface area (Å²) in [5.41, 5.74) is 0. The molecule has 0 heterocycles. The van der Waals surface area contributed by atoms with E-state index in [9.17, 15) is 9.59 Å². The van der Waals surface area contributed by atoms with Gasteiger partial charge in [0.15, 0.2) is 5.79 Å². The third-order valence-electron chi connectivity index (χ3n) is 1.04. The van der Waals surface area contributed by atoms with Crippen molar-refractivity contribution in [2.24, 2.45) is 0 Å². The molecule has 0 bridgehead atoms. The molecular formula is C8H14O6. The molecule has 0 amide bonds. The van der Waals surface area contributed by atoms with E-state index in [1.54, 1.807) is 6.92 Å². The van der Waals surface area contributed by atoms with Crippen LogP contribution in [0.3, 0.4) is 0 Å². The number of carboxylic acid groups (broad SMARTS) is 2. The van der Waals surface area contributed by atoms with Crippen LogP contribution in [-0.4, -0.2) is 38.2 Å². The van der Waals surface area contributed by atoms with Crippen molar-refractivity contribution in [1.82, 2.24) is 0 Å². The van der Waals surface area contributed by atoms with Crippen molar-refractivity contribution in [3.8, 4) is 0 Å². The summed E-state index contributed by atoms with van der Waals surface area (Å²) < 4.78 is 0. The van der Waals surface area contributed by atoms with Crippen LogP contribution in [0.25, 0.3) is 0 Å². The summed E-state index contributed by atoms with van der Waals surface area (Å²) in [5, 5.41) is 32.4. The van der Waals surface area contributed by atoms with Gasteiger partial charge in [-0.25, -0.2) is 9.59 Å². The molecule has 14 heavy (non-hydrogen) atoms. The van der Waals surface area contributed by atoms with Crippen LogP contribution in [0.2, 0.25) is 0 Å². The van der Waals surface area contributed by atoms with Gasteiger partial charge in [-0.3, -0.25) is 0 Å². The van der Waals surface area contributed by atoms with Gasteiger partial charge in [-0.05, 0) is 13.3 Å². The zero-order valence-electron chi connectivity index (χ0n) is 7.97. The van der Waals surface area contributed by atoms with E-state index in [1.807, 2.05) is 0 Å². The molecule has 0 aliphatic carbocycles. The van der Waals surface area contributed by atoms with Crippen LogP contribution in [-0.2, 0) is 9.59 Å². The summed E-state index contributed by atoms with van der Waals surface area (Å²) in [6.07, 6.45) is 1.50. The van der Waals surface area contributed by atoms with Crippen molar-refractivity contribution in [3.05, 3.63) is 12.2 Å². The highest BCUT2D eigenvalue weighted by atomic mass is 16.5. The molecule has 82 valence electrons. The Morgan fingerprint density at radius 2 is 1.36 bits per heavy atom. The average Bonchev–Trinajstić information content (AvgIpc) is 2.01. The first-order valence-corrected chi connectivity index (χ1v) is 3.77. The van der Waals surface area contributed by atoms with Crippen molar-refractivity contribution in [3.63, 3.8) is 0 Å². The van der Waals surface area contributed by atoms with E-state index < -0.39 is 17.7 Å². The van der Waals surface area contributed by atoms with Gasteiger partial charge < -0.3 is 20.4 Å². The first-order chi connectivity index (χ1) is 6.19. The second kappa shape index (κ2) is 7.05. The van der Waals surface area contributed by atoms with Crippen LogP contribution in [0, 0.1) is 0 Å². The Bertz CT molecular complexity index is 196. The summed E-state index contributed by atoms with van der Waals surface area (Å²) in [7, 11) is 0. The zero-order chi connectivity index (χ0) is 11.8. The molecule has 0 spiro atoms. The van der Waals surface area contributed by atoms with Crippen LogP contribution in [0.1, 0.15) is 20.3 Å². The van der Waals surface area contributed by atoms with Crippen molar-refractivity contribution >= 4 is 11.9 Å². The number of carbonyl (C=O) groups is 2. The molecular weight excluding hydrogens is 192 g/mol. The van der Waals surface area contributed by atoms with Gasteiger partial charge in [0.1, 0.15) is 0 Å². The van der Waals surface area contributed by atoms with Crippen LogP contribution >= 0.6 is 0 Å². The molecule has 0 rings (SSSR count). The van der Waals surface area contributed by atoms with E-state index in [-0.39, 0.29) is 0 Å². The van der Waals surface area contributed by atoms with Gasteiger partial charge in [0.05, 0.1) is 0 Å². The minimum atomic E-state index is -1.46. The number of rotatable bonds is 3. The molecule has 0 atom stereocenters. The Kier molecular flexibility index (Phi) is 7.60. The largest absolute Gasteiger partial charge is 0.478 e. The number of aliphatic carboxylic acids is 2. The average molecular weight is 206 g/mol. The number of aliphatic hydroxyl groups is 2. The molecule has 0 aromatic carbocycles. The zero-order valence-corrected chi connectivity index (χ0v) is 7.97. The maximum atomic E-state index is 9.55. The predicted octanol–water partition coefficient (Wildman–Crippen LogP) is -0.191. The Morgan fingerprint density at radius 3 is 1.43 bits per heavy atom. The lowest BCUT2D eigenvalue weighted by Crippen LogP contribution is -2.20. The molecule has 0 unspecified atom stereocenters. The Balaban J connectivity index is 0. The summed E-state index contributed by atoms with van der Waals surface area (Å²) in [4.78, 5) is 19.1. The van der Waals surface area contributed by atoms with Crippen molar-refractivity contribution in [2.45, 2.75) is 26.1 Å². The van der Waals surface area contributed by atoms with Gasteiger partial charge in [0.2, 0.25) is 0 Å². The Labute approximate surface area is 81.1 Å². The fourth-order valence-electron chi connectivity index (χ4n) is 0.143. The van der Waals surface area contributed by atoms with Crippen LogP contribution in [0.4, 0.5) is 0 Å². The molecule has 0 aromatic rings. The van der Waals surface area contributed by atoms with Gasteiger partial charge in [-0.15, -0.1) is 0 Å². The highest BCUT2D eigenvalue weighted by molar-refractivity contribution is 5.89. The number of carboxylic acids is 2. The van der Waals surface area contributed by atoms with Gasteiger partial charge in [-0.2, -0.15) is 0 Å². The monoisotopic (exact) mass is 206 g/mol. The lowest BCUT2D eigenvalue weighted by Gasteiger charge is -2.10. The molecule has 0 fully saturated rings. The van der Waals surface area contributed by atoms with E-state index in [4.69, 9.17) is 20.4 Å². The second-order valence-electron chi connectivity index (χ2n) is 2.58. The second-order valence-corrected chi connectivity index (χ2v) is 2.58. The quantitative estimate of drug-likeness (QED) is 0.375. The lowest BCUT2D eigenvalue weighted by molar-refractivity contribution is -0.145. The molecule has 0 aliphatic rings. The highest BCUT2D eigenvalue weighted by Crippen LogP contribution is 1.99. The topological polar surface area (TPSA) is 115 Å². The SMILES string of the molecule is CCC(C)(O)O.O=C(O)C=CC(=O)O. The van der Waals surface area contributed by atoms with Gasteiger partial charge in [0.25, 0.3) is 0 Å². The fourth-order valence-corrected chi connectivity index (χ4v) is 0.143. The van der Waals surface area contributed by atoms with Crippen molar-refractivity contribution < 1.29 is 30.0 Å². The molecule has 6 heteroatoms. The van der Waals surface area contributed by atoms with E-state index in [2.05, 4.69) is 0 Å². The standard InChI is InChI=1S/C4H4O4.C4H10O2/c5-3(6)1-2-4(7)8;1-3-4(2,5)6/h1-2H,(H,5,6)(H,7,8);5-6H,3H2,1-2H3. The van der Waals surface area contributed by atoms with Crippen molar-refractivity contribution in [1.29, 1.82) is 0 Å². The summed E-state index contributed by atoms with van der Waals surface area (Å²) in [5.74, 6) is -3.97. The molecule has 0 radical (unpaired) electrons. The number of hydrogen-bond acceptors (Lipinski definition) is 4. The third-order valence-corrected chi connectivity index (χ3v) is 1.04. The normalized spacial score (nSPS) is 10.6. The van der Waals surface area contributed by atoms with Crippen LogP contribution in [0.15, 0.2) is 12.2 Å². The first kappa shape index (κ1) is 15.1. The summed E-state index contributed by atoms with van der Waals surface area (Å²) >= 11 is 0. The fraction of sp³-hybridized carbons (Fsp3) is 0.500. The molecule has 4 N–H and O–H groups in total. The molecule has 0 aliphatic heterocycles. The predicted molar refractivity (Wildman–Crippen MR) is 47.5 cm³/mol. The Hall–Kier alpha value is -1.40. The van der Waals surface area contributed by atoms with E-state index in [0.717, 1.165) is 0 Å². The minimum Gasteiger partial charge on any atom is -0.478 e. The molecule has 0 saturated carbocycles. The van der Waals surface area contributed by atoms with Gasteiger partial charge in [-0.1, -0.05) is 6.92 Å². The van der Waals surface area contributed by atoms with Crippen LogP contribution < -0.4 is 0 Å². The minimum absolute atomic E-state index is 0.382. The summed E-state index contributed by atoms with van der Waals surface area (Å²) in [6.45, 7) is 3.06. The Morgan fingerprint density at radius 1 is 1.14 bits per heavy atom. The maximum Gasteiger partial charge on any atom is 0.328 e. The third kappa shape index (κ3) is 22.4. The molecule has 0 aromatic heterocycles. The molecule has 0 saturated heterocycles. The van der Waals surface area contributed by atoms with Crippen molar-refractivity contribution in [2.75, 3.05) is 0 Å². The first-order valence-electron chi connectivity index (χ1n) is 3.77. The lowest BCUT2D eigenvalue weighted by atomic mass is 10.3. The maximum absolute atomic E-state index is 9.55. The van der Waals surface area contributed by atoms with E-state index in [0.29, 0.717) is 18.6 Å². The van der Waals surface area contributed by atoms with Gasteiger partial charge in [0, 0.05) is 12.2 Å². The smallest absolute Gasteiger partial charge is 0.328 e. The summed E-state index contributed by atoms with van der Waals surface area (Å²) in [6, 6.07) is 0. The number of hydrogen-bond donors (Lipinski definition) is 4. The van der Waals surface area contributed by atoms with Crippen LogP contribution in [0.5, 0.6) is 0 Å². The van der Waals surface area contributed by atoms with Gasteiger partial charge >= 0.3 is 11.9 Å². The van der Waals surface area contributed by atoms with E-state index >= 15 is 0 Å². The van der Waals surface area contributed by atoms with E-state index in [1.165, 1.54) is 6.92 Å². The highest BCUT2D eigenvalue weighted by Gasteiger charge is 2.08. The molecule has 6 nitrogen and oxygen atoms in total.